The molecule has 2 fully saturated rings. The molecular formula is C23H36F2Si. The normalized spacial score (nSPS) is 30.3. The summed E-state index contributed by atoms with van der Waals surface area (Å²) in [5.41, 5.74) is 0.998. The Bertz CT molecular complexity index is 576. The van der Waals surface area contributed by atoms with Crippen LogP contribution in [0.15, 0.2) is 18.2 Å². The summed E-state index contributed by atoms with van der Waals surface area (Å²) in [5.74, 6) is 1.78. The maximum atomic E-state index is 13.5. The van der Waals surface area contributed by atoms with Crippen molar-refractivity contribution in [1.82, 2.24) is 0 Å². The first-order valence-corrected chi connectivity index (χ1v) is 14.5. The molecular weight excluding hydrogens is 342 g/mol. The summed E-state index contributed by atoms with van der Waals surface area (Å²) >= 11 is 0. The summed E-state index contributed by atoms with van der Waals surface area (Å²) in [7, 11) is -0.888. The second kappa shape index (κ2) is 8.54. The van der Waals surface area contributed by atoms with Gasteiger partial charge in [-0.1, -0.05) is 51.0 Å². The molecule has 0 heterocycles. The Balaban J connectivity index is 1.43. The van der Waals surface area contributed by atoms with Crippen molar-refractivity contribution in [2.45, 2.75) is 89.4 Å². The fraction of sp³-hybridized carbons (Fsp3) is 0.739. The van der Waals surface area contributed by atoms with Crippen molar-refractivity contribution in [3.05, 3.63) is 35.4 Å². The molecule has 0 unspecified atom stereocenters. The van der Waals surface area contributed by atoms with E-state index in [-0.39, 0.29) is 0 Å². The van der Waals surface area contributed by atoms with Gasteiger partial charge in [0.05, 0.1) is 0 Å². The fourth-order valence-electron chi connectivity index (χ4n) is 5.28. The average molecular weight is 379 g/mol. The van der Waals surface area contributed by atoms with Crippen molar-refractivity contribution in [1.29, 1.82) is 0 Å². The lowest BCUT2D eigenvalue weighted by Crippen LogP contribution is -2.27. The molecule has 0 bridgehead atoms. The summed E-state index contributed by atoms with van der Waals surface area (Å²) in [4.78, 5) is 0. The van der Waals surface area contributed by atoms with Crippen LogP contribution < -0.4 is 0 Å². The van der Waals surface area contributed by atoms with Crippen molar-refractivity contribution < 1.29 is 8.78 Å². The maximum absolute atomic E-state index is 13.5. The van der Waals surface area contributed by atoms with Gasteiger partial charge in [0, 0.05) is 8.07 Å². The zero-order valence-electron chi connectivity index (χ0n) is 16.9. The van der Waals surface area contributed by atoms with E-state index >= 15 is 0 Å². The first-order chi connectivity index (χ1) is 12.3. The van der Waals surface area contributed by atoms with Crippen molar-refractivity contribution in [2.24, 2.45) is 17.8 Å². The average Bonchev–Trinajstić information content (AvgIpc) is 2.62. The van der Waals surface area contributed by atoms with E-state index in [1.54, 1.807) is 6.07 Å². The van der Waals surface area contributed by atoms with Crippen LogP contribution in [0.1, 0.15) is 69.3 Å². The van der Waals surface area contributed by atoms with Gasteiger partial charge in [-0.05, 0) is 79.9 Å². The first kappa shape index (κ1) is 20.0. The highest BCUT2D eigenvalue weighted by atomic mass is 28.3. The van der Waals surface area contributed by atoms with E-state index in [9.17, 15) is 8.78 Å². The maximum Gasteiger partial charge on any atom is 0.159 e. The topological polar surface area (TPSA) is 0 Å². The van der Waals surface area contributed by atoms with Gasteiger partial charge in [-0.2, -0.15) is 0 Å². The molecule has 0 aromatic heterocycles. The molecule has 3 rings (SSSR count). The van der Waals surface area contributed by atoms with E-state index in [2.05, 4.69) is 19.6 Å². The zero-order chi connectivity index (χ0) is 18.7. The van der Waals surface area contributed by atoms with Gasteiger partial charge in [0.15, 0.2) is 11.6 Å². The first-order valence-electron chi connectivity index (χ1n) is 10.8. The van der Waals surface area contributed by atoms with E-state index in [1.807, 2.05) is 0 Å². The van der Waals surface area contributed by atoms with Crippen LogP contribution in [0.3, 0.4) is 0 Å². The van der Waals surface area contributed by atoms with Gasteiger partial charge in [0.2, 0.25) is 0 Å². The Kier molecular flexibility index (Phi) is 6.58. The SMILES string of the molecule is C[Si](C)(C)CCC1CCC(C2CCC(c3ccc(F)c(F)c3)CC2)CC1. The number of hydrogen-bond donors (Lipinski definition) is 0. The lowest BCUT2D eigenvalue weighted by atomic mass is 9.68. The molecule has 0 amide bonds. The van der Waals surface area contributed by atoms with Crippen molar-refractivity contribution >= 4 is 8.07 Å². The van der Waals surface area contributed by atoms with E-state index in [0.29, 0.717) is 5.92 Å². The van der Waals surface area contributed by atoms with E-state index in [4.69, 9.17) is 0 Å². The molecule has 2 aliphatic carbocycles. The number of halogens is 2. The van der Waals surface area contributed by atoms with Gasteiger partial charge in [0.25, 0.3) is 0 Å². The Labute approximate surface area is 159 Å². The minimum Gasteiger partial charge on any atom is -0.204 e. The molecule has 3 heteroatoms. The van der Waals surface area contributed by atoms with Crippen LogP contribution in [-0.4, -0.2) is 8.07 Å². The molecule has 0 N–H and O–H groups in total. The third-order valence-electron chi connectivity index (χ3n) is 7.05. The highest BCUT2D eigenvalue weighted by molar-refractivity contribution is 6.76. The highest BCUT2D eigenvalue weighted by Gasteiger charge is 2.31. The molecule has 1 aromatic carbocycles. The molecule has 26 heavy (non-hydrogen) atoms. The van der Waals surface area contributed by atoms with Crippen molar-refractivity contribution in [2.75, 3.05) is 0 Å². The third-order valence-corrected chi connectivity index (χ3v) is 8.84. The summed E-state index contributed by atoms with van der Waals surface area (Å²) in [6, 6.07) is 5.98. The van der Waals surface area contributed by atoms with Crippen LogP contribution in [0.2, 0.25) is 25.7 Å². The Morgan fingerprint density at radius 2 is 1.38 bits per heavy atom. The lowest BCUT2D eigenvalue weighted by Gasteiger charge is -2.38. The molecule has 146 valence electrons. The smallest absolute Gasteiger partial charge is 0.159 e. The summed E-state index contributed by atoms with van der Waals surface area (Å²) in [6.45, 7) is 7.47. The van der Waals surface area contributed by atoms with Gasteiger partial charge < -0.3 is 0 Å². The van der Waals surface area contributed by atoms with Crippen molar-refractivity contribution in [3.63, 3.8) is 0 Å². The summed E-state index contributed by atoms with van der Waals surface area (Å²) < 4.78 is 26.7. The molecule has 0 spiro atoms. The Morgan fingerprint density at radius 3 is 1.92 bits per heavy atom. The molecule has 0 radical (unpaired) electrons. The second-order valence-corrected chi connectivity index (χ2v) is 15.8. The standard InChI is InChI=1S/C23H36F2Si/c1-26(2,3)15-14-17-4-6-18(7-5-17)19-8-10-20(11-9-19)21-12-13-22(24)23(25)16-21/h12-13,16-20H,4-11,14-15H2,1-3H3. The zero-order valence-corrected chi connectivity index (χ0v) is 17.9. The largest absolute Gasteiger partial charge is 0.204 e. The molecule has 0 atom stereocenters. The van der Waals surface area contributed by atoms with Crippen LogP contribution in [0.4, 0.5) is 8.78 Å². The third kappa shape index (κ3) is 5.40. The fourth-order valence-corrected chi connectivity index (χ4v) is 6.55. The van der Waals surface area contributed by atoms with Crippen LogP contribution in [-0.2, 0) is 0 Å². The predicted molar refractivity (Wildman–Crippen MR) is 109 cm³/mol. The van der Waals surface area contributed by atoms with Gasteiger partial charge in [0.1, 0.15) is 0 Å². The van der Waals surface area contributed by atoms with E-state index in [0.717, 1.165) is 36.2 Å². The van der Waals surface area contributed by atoms with Crippen LogP contribution in [0, 0.1) is 29.4 Å². The number of rotatable bonds is 5. The minimum absolute atomic E-state index is 0.425. The number of benzene rings is 1. The molecule has 2 aliphatic rings. The molecule has 0 nitrogen and oxygen atoms in total. The summed E-state index contributed by atoms with van der Waals surface area (Å²) in [5, 5.41) is 0. The van der Waals surface area contributed by atoms with Crippen LogP contribution >= 0.6 is 0 Å². The van der Waals surface area contributed by atoms with Crippen molar-refractivity contribution in [3.8, 4) is 0 Å². The quantitative estimate of drug-likeness (QED) is 0.459. The van der Waals surface area contributed by atoms with Gasteiger partial charge in [-0.15, -0.1) is 0 Å². The van der Waals surface area contributed by atoms with Gasteiger partial charge in [-0.25, -0.2) is 8.78 Å². The van der Waals surface area contributed by atoms with Crippen LogP contribution in [0.25, 0.3) is 0 Å². The monoisotopic (exact) mass is 378 g/mol. The summed E-state index contributed by atoms with van der Waals surface area (Å²) in [6.07, 6.45) is 12.0. The number of hydrogen-bond acceptors (Lipinski definition) is 0. The highest BCUT2D eigenvalue weighted by Crippen LogP contribution is 2.44. The second-order valence-electron chi connectivity index (χ2n) is 10.2. The Morgan fingerprint density at radius 1 is 0.808 bits per heavy atom. The molecule has 2 saturated carbocycles. The predicted octanol–water partition coefficient (Wildman–Crippen LogP) is 7.77. The molecule has 0 saturated heterocycles. The van der Waals surface area contributed by atoms with E-state index in [1.165, 1.54) is 63.1 Å². The van der Waals surface area contributed by atoms with Crippen LogP contribution in [0.5, 0.6) is 0 Å². The minimum atomic E-state index is -0.888. The van der Waals surface area contributed by atoms with E-state index < -0.39 is 19.7 Å². The lowest BCUT2D eigenvalue weighted by molar-refractivity contribution is 0.158. The Hall–Kier alpha value is -0.703. The molecule has 0 aliphatic heterocycles. The molecule has 1 aromatic rings. The van der Waals surface area contributed by atoms with Gasteiger partial charge >= 0.3 is 0 Å². The van der Waals surface area contributed by atoms with Gasteiger partial charge in [-0.3, -0.25) is 0 Å².